The van der Waals surface area contributed by atoms with Gasteiger partial charge in [-0.2, -0.15) is 8.78 Å². The van der Waals surface area contributed by atoms with Gasteiger partial charge in [-0.05, 0) is 30.2 Å². The highest BCUT2D eigenvalue weighted by Crippen LogP contribution is 2.26. The molecule has 0 saturated carbocycles. The van der Waals surface area contributed by atoms with Crippen molar-refractivity contribution in [2.24, 2.45) is 4.99 Å². The van der Waals surface area contributed by atoms with Gasteiger partial charge in [-0.1, -0.05) is 18.2 Å². The molecule has 0 unspecified atom stereocenters. The Morgan fingerprint density at radius 3 is 2.56 bits per heavy atom. The summed E-state index contributed by atoms with van der Waals surface area (Å²) in [6.07, 6.45) is 0.482. The zero-order valence-electron chi connectivity index (χ0n) is 15.1. The standard InChI is InChI=1S/C19H22F3N3O2/c1-23-19(24-10-9-13-5-3-4-6-16(13)20)25-12-14-7-8-15(26-2)11-17(14)27-18(21)22/h3-8,11,18H,9-10,12H2,1-2H3,(H2,23,24,25). The van der Waals surface area contributed by atoms with Gasteiger partial charge in [0.05, 0.1) is 7.11 Å². The lowest BCUT2D eigenvalue weighted by molar-refractivity contribution is -0.0505. The van der Waals surface area contributed by atoms with Gasteiger partial charge in [-0.3, -0.25) is 4.99 Å². The molecular formula is C19H22F3N3O2. The van der Waals surface area contributed by atoms with E-state index in [9.17, 15) is 13.2 Å². The van der Waals surface area contributed by atoms with Crippen molar-refractivity contribution in [1.82, 2.24) is 10.6 Å². The summed E-state index contributed by atoms with van der Waals surface area (Å²) in [5.74, 6) is 0.653. The van der Waals surface area contributed by atoms with Crippen LogP contribution in [-0.2, 0) is 13.0 Å². The average Bonchev–Trinajstić information content (AvgIpc) is 2.66. The minimum Gasteiger partial charge on any atom is -0.497 e. The van der Waals surface area contributed by atoms with E-state index < -0.39 is 6.61 Å². The first-order chi connectivity index (χ1) is 13.0. The maximum Gasteiger partial charge on any atom is 0.387 e. The van der Waals surface area contributed by atoms with Crippen LogP contribution in [0.5, 0.6) is 11.5 Å². The van der Waals surface area contributed by atoms with Gasteiger partial charge in [0.15, 0.2) is 5.96 Å². The quantitative estimate of drug-likeness (QED) is 0.544. The van der Waals surface area contributed by atoms with Crippen LogP contribution in [0.3, 0.4) is 0 Å². The SMILES string of the molecule is CN=C(NCCc1ccccc1F)NCc1ccc(OC)cc1OC(F)F. The zero-order valence-corrected chi connectivity index (χ0v) is 15.1. The smallest absolute Gasteiger partial charge is 0.387 e. The summed E-state index contributed by atoms with van der Waals surface area (Å²) < 4.78 is 48.4. The van der Waals surface area contributed by atoms with Crippen molar-refractivity contribution in [2.75, 3.05) is 20.7 Å². The Kier molecular flexibility index (Phi) is 7.79. The molecule has 0 fully saturated rings. The summed E-state index contributed by atoms with van der Waals surface area (Å²) in [7, 11) is 3.03. The number of aliphatic imine (C=N–C) groups is 1. The number of nitrogens with zero attached hydrogens (tertiary/aromatic N) is 1. The van der Waals surface area contributed by atoms with Gasteiger partial charge >= 0.3 is 6.61 Å². The third kappa shape index (κ3) is 6.40. The summed E-state index contributed by atoms with van der Waals surface area (Å²) in [5, 5.41) is 6.07. The topological polar surface area (TPSA) is 54.9 Å². The van der Waals surface area contributed by atoms with E-state index in [-0.39, 0.29) is 18.1 Å². The minimum atomic E-state index is -2.94. The van der Waals surface area contributed by atoms with Crippen LogP contribution >= 0.6 is 0 Å². The number of methoxy groups -OCH3 is 1. The molecule has 0 aliphatic rings. The van der Waals surface area contributed by atoms with Crippen molar-refractivity contribution >= 4 is 5.96 Å². The van der Waals surface area contributed by atoms with Gasteiger partial charge in [0.25, 0.3) is 0 Å². The normalized spacial score (nSPS) is 11.4. The molecule has 8 heteroatoms. The van der Waals surface area contributed by atoms with E-state index >= 15 is 0 Å². The van der Waals surface area contributed by atoms with Crippen LogP contribution in [0.4, 0.5) is 13.2 Å². The Hall–Kier alpha value is -2.90. The lowest BCUT2D eigenvalue weighted by atomic mass is 10.1. The molecule has 0 amide bonds. The second-order valence-corrected chi connectivity index (χ2v) is 5.55. The summed E-state index contributed by atoms with van der Waals surface area (Å²) in [6.45, 7) is -2.26. The fourth-order valence-electron chi connectivity index (χ4n) is 2.43. The van der Waals surface area contributed by atoms with Crippen LogP contribution in [0.1, 0.15) is 11.1 Å². The third-order valence-electron chi connectivity index (χ3n) is 3.80. The average molecular weight is 381 g/mol. The number of hydrogen-bond acceptors (Lipinski definition) is 3. The van der Waals surface area contributed by atoms with Gasteiger partial charge in [-0.15, -0.1) is 0 Å². The van der Waals surface area contributed by atoms with Gasteiger partial charge in [0.2, 0.25) is 0 Å². The molecule has 5 nitrogen and oxygen atoms in total. The molecule has 0 aliphatic carbocycles. The Morgan fingerprint density at radius 2 is 1.89 bits per heavy atom. The molecule has 0 aliphatic heterocycles. The van der Waals surface area contributed by atoms with Crippen molar-refractivity contribution in [3.05, 3.63) is 59.4 Å². The van der Waals surface area contributed by atoms with Crippen LogP contribution in [0.25, 0.3) is 0 Å². The predicted octanol–water partition coefficient (Wildman–Crippen LogP) is 3.34. The number of ether oxygens (including phenoxy) is 2. The van der Waals surface area contributed by atoms with Crippen LogP contribution in [0, 0.1) is 5.82 Å². The highest BCUT2D eigenvalue weighted by Gasteiger charge is 2.12. The van der Waals surface area contributed by atoms with Crippen LogP contribution in [0.2, 0.25) is 0 Å². The van der Waals surface area contributed by atoms with Crippen LogP contribution in [-0.4, -0.2) is 33.3 Å². The third-order valence-corrected chi connectivity index (χ3v) is 3.80. The monoisotopic (exact) mass is 381 g/mol. The zero-order chi connectivity index (χ0) is 19.6. The summed E-state index contributed by atoms with van der Waals surface area (Å²) in [4.78, 5) is 4.07. The number of hydrogen-bond donors (Lipinski definition) is 2. The first kappa shape index (κ1) is 20.4. The second kappa shape index (κ2) is 10.3. The van der Waals surface area contributed by atoms with E-state index in [1.54, 1.807) is 37.4 Å². The van der Waals surface area contributed by atoms with E-state index in [2.05, 4.69) is 20.4 Å². The van der Waals surface area contributed by atoms with Crippen molar-refractivity contribution in [3.8, 4) is 11.5 Å². The maximum atomic E-state index is 13.6. The number of halogens is 3. The van der Waals surface area contributed by atoms with E-state index in [4.69, 9.17) is 4.74 Å². The Morgan fingerprint density at radius 1 is 1.11 bits per heavy atom. The fraction of sp³-hybridized carbons (Fsp3) is 0.316. The Balaban J connectivity index is 1.92. The van der Waals surface area contributed by atoms with Crippen molar-refractivity contribution in [3.63, 3.8) is 0 Å². The van der Waals surface area contributed by atoms with Gasteiger partial charge in [0.1, 0.15) is 17.3 Å². The van der Waals surface area contributed by atoms with Crippen LogP contribution < -0.4 is 20.1 Å². The number of benzene rings is 2. The summed E-state index contributed by atoms with van der Waals surface area (Å²) >= 11 is 0. The molecule has 2 N–H and O–H groups in total. The molecule has 2 aromatic rings. The van der Waals surface area contributed by atoms with Crippen molar-refractivity contribution in [1.29, 1.82) is 0 Å². The molecule has 2 rings (SSSR count). The van der Waals surface area contributed by atoms with E-state index in [0.29, 0.717) is 35.8 Å². The van der Waals surface area contributed by atoms with Gasteiger partial charge < -0.3 is 20.1 Å². The summed E-state index contributed by atoms with van der Waals surface area (Å²) in [5.41, 5.74) is 1.12. The highest BCUT2D eigenvalue weighted by atomic mass is 19.3. The van der Waals surface area contributed by atoms with E-state index in [1.807, 2.05) is 0 Å². The number of alkyl halides is 2. The molecule has 0 bridgehead atoms. The molecule has 2 aromatic carbocycles. The first-order valence-corrected chi connectivity index (χ1v) is 8.33. The predicted molar refractivity (Wildman–Crippen MR) is 97.9 cm³/mol. The molecule has 0 heterocycles. The summed E-state index contributed by atoms with van der Waals surface area (Å²) in [6, 6.07) is 11.2. The molecule has 0 spiro atoms. The van der Waals surface area contributed by atoms with Crippen LogP contribution in [0.15, 0.2) is 47.5 Å². The number of guanidine groups is 1. The number of rotatable bonds is 8. The van der Waals surface area contributed by atoms with E-state index in [1.165, 1.54) is 19.2 Å². The Labute approximate surface area is 156 Å². The lowest BCUT2D eigenvalue weighted by Gasteiger charge is -2.15. The van der Waals surface area contributed by atoms with Crippen molar-refractivity contribution < 1.29 is 22.6 Å². The fourth-order valence-corrected chi connectivity index (χ4v) is 2.43. The molecule has 0 aromatic heterocycles. The highest BCUT2D eigenvalue weighted by molar-refractivity contribution is 5.79. The Bertz CT molecular complexity index is 770. The number of nitrogens with one attached hydrogen (secondary N) is 2. The van der Waals surface area contributed by atoms with Gasteiger partial charge in [0, 0.05) is 31.8 Å². The molecular weight excluding hydrogens is 359 g/mol. The molecule has 146 valence electrons. The van der Waals surface area contributed by atoms with E-state index in [0.717, 1.165) is 0 Å². The molecule has 0 saturated heterocycles. The molecule has 27 heavy (non-hydrogen) atoms. The van der Waals surface area contributed by atoms with Crippen molar-refractivity contribution in [2.45, 2.75) is 19.6 Å². The lowest BCUT2D eigenvalue weighted by Crippen LogP contribution is -2.38. The molecule has 0 atom stereocenters. The maximum absolute atomic E-state index is 13.6. The minimum absolute atomic E-state index is 0.0265. The second-order valence-electron chi connectivity index (χ2n) is 5.55. The van der Waals surface area contributed by atoms with Gasteiger partial charge in [-0.25, -0.2) is 4.39 Å². The molecule has 0 radical (unpaired) electrons. The largest absolute Gasteiger partial charge is 0.497 e. The first-order valence-electron chi connectivity index (χ1n) is 8.33.